The molecule has 0 aromatic heterocycles. The number of hydrogen-bond acceptors (Lipinski definition) is 3. The SMILES string of the molecule is C(=NN(c1ccccc1)c1ccccc1)c1ccc(N(c2ccccc2)c2ccccc2)cc1. The molecule has 3 nitrogen and oxygen atoms in total. The van der Waals surface area contributed by atoms with E-state index in [-0.39, 0.29) is 0 Å². The molecule has 5 rings (SSSR count). The van der Waals surface area contributed by atoms with Crippen molar-refractivity contribution in [1.29, 1.82) is 0 Å². The Hall–Kier alpha value is -4.63. The summed E-state index contributed by atoms with van der Waals surface area (Å²) in [5.41, 5.74) is 6.39. The van der Waals surface area contributed by atoms with Crippen LogP contribution in [0.1, 0.15) is 5.56 Å². The third-order valence-corrected chi connectivity index (χ3v) is 5.50. The van der Waals surface area contributed by atoms with Crippen LogP contribution in [0.5, 0.6) is 0 Å². The molecule has 0 saturated carbocycles. The number of para-hydroxylation sites is 4. The van der Waals surface area contributed by atoms with E-state index in [1.54, 1.807) is 0 Å². The van der Waals surface area contributed by atoms with E-state index in [4.69, 9.17) is 5.10 Å². The van der Waals surface area contributed by atoms with E-state index in [2.05, 4.69) is 102 Å². The van der Waals surface area contributed by atoms with Gasteiger partial charge in [-0.1, -0.05) is 84.9 Å². The molecule has 0 bridgehead atoms. The minimum atomic E-state index is 1.01. The smallest absolute Gasteiger partial charge is 0.0652 e. The van der Waals surface area contributed by atoms with Gasteiger partial charge in [0.25, 0.3) is 0 Å². The minimum Gasteiger partial charge on any atom is -0.311 e. The molecule has 0 fully saturated rings. The van der Waals surface area contributed by atoms with Gasteiger partial charge in [0.05, 0.1) is 17.6 Å². The van der Waals surface area contributed by atoms with Crippen LogP contribution in [0.2, 0.25) is 0 Å². The van der Waals surface area contributed by atoms with Gasteiger partial charge in [-0.05, 0) is 66.2 Å². The number of nitrogens with zero attached hydrogens (tertiary/aromatic N) is 3. The first kappa shape index (κ1) is 21.2. The van der Waals surface area contributed by atoms with E-state index in [1.165, 1.54) is 0 Å². The van der Waals surface area contributed by atoms with Gasteiger partial charge < -0.3 is 4.90 Å². The second-order valence-electron chi connectivity index (χ2n) is 7.83. The average Bonchev–Trinajstić information content (AvgIpc) is 2.92. The number of hydrogen-bond donors (Lipinski definition) is 0. The summed E-state index contributed by atoms with van der Waals surface area (Å²) in [7, 11) is 0. The van der Waals surface area contributed by atoms with E-state index in [0.717, 1.165) is 34.0 Å². The maximum atomic E-state index is 4.82. The molecule has 0 amide bonds. The summed E-state index contributed by atoms with van der Waals surface area (Å²) >= 11 is 0. The van der Waals surface area contributed by atoms with Gasteiger partial charge in [0, 0.05) is 17.1 Å². The van der Waals surface area contributed by atoms with Crippen molar-refractivity contribution in [2.45, 2.75) is 0 Å². The second-order valence-corrected chi connectivity index (χ2v) is 7.83. The van der Waals surface area contributed by atoms with Gasteiger partial charge >= 0.3 is 0 Å². The lowest BCUT2D eigenvalue weighted by Gasteiger charge is -2.25. The number of benzene rings is 5. The summed E-state index contributed by atoms with van der Waals surface area (Å²) in [5, 5.41) is 6.77. The van der Waals surface area contributed by atoms with E-state index >= 15 is 0 Å². The normalized spacial score (nSPS) is 10.8. The molecule has 0 aliphatic rings. The predicted octanol–water partition coefficient (Wildman–Crippen LogP) is 8.33. The largest absolute Gasteiger partial charge is 0.311 e. The van der Waals surface area contributed by atoms with Crippen LogP contribution in [-0.4, -0.2) is 6.21 Å². The zero-order valence-electron chi connectivity index (χ0n) is 18.8. The van der Waals surface area contributed by atoms with Crippen LogP contribution in [0.3, 0.4) is 0 Å². The van der Waals surface area contributed by atoms with Gasteiger partial charge in [0.15, 0.2) is 0 Å². The molecule has 0 aliphatic carbocycles. The maximum absolute atomic E-state index is 4.82. The number of rotatable bonds is 7. The number of anilines is 5. The summed E-state index contributed by atoms with van der Waals surface area (Å²) < 4.78 is 0. The van der Waals surface area contributed by atoms with Gasteiger partial charge in [-0.15, -0.1) is 0 Å². The Bertz CT molecular complexity index is 1240. The fraction of sp³-hybridized carbons (Fsp3) is 0. The number of hydrazone groups is 1. The fourth-order valence-corrected chi connectivity index (χ4v) is 3.86. The second kappa shape index (κ2) is 10.3. The zero-order valence-corrected chi connectivity index (χ0v) is 18.8. The van der Waals surface area contributed by atoms with Crippen LogP contribution in [-0.2, 0) is 0 Å². The third kappa shape index (κ3) is 4.89. The highest BCUT2D eigenvalue weighted by atomic mass is 15.5. The Morgan fingerprint density at radius 1 is 0.382 bits per heavy atom. The molecular formula is C31H25N3. The van der Waals surface area contributed by atoms with Crippen LogP contribution in [0.25, 0.3) is 0 Å². The summed E-state index contributed by atoms with van der Waals surface area (Å²) in [6.07, 6.45) is 1.90. The first-order valence-corrected chi connectivity index (χ1v) is 11.3. The van der Waals surface area contributed by atoms with Crippen molar-refractivity contribution in [3.63, 3.8) is 0 Å². The quantitative estimate of drug-likeness (QED) is 0.187. The lowest BCUT2D eigenvalue weighted by molar-refractivity contribution is 1.09. The minimum absolute atomic E-state index is 1.01. The molecule has 5 aromatic rings. The van der Waals surface area contributed by atoms with Crippen LogP contribution >= 0.6 is 0 Å². The van der Waals surface area contributed by atoms with Gasteiger partial charge in [-0.2, -0.15) is 5.10 Å². The van der Waals surface area contributed by atoms with Crippen molar-refractivity contribution in [3.8, 4) is 0 Å². The lowest BCUT2D eigenvalue weighted by Crippen LogP contribution is -2.10. The van der Waals surface area contributed by atoms with E-state index in [1.807, 2.05) is 59.8 Å². The summed E-state index contributed by atoms with van der Waals surface area (Å²) in [6.45, 7) is 0. The topological polar surface area (TPSA) is 18.8 Å². The van der Waals surface area contributed by atoms with Crippen molar-refractivity contribution >= 4 is 34.7 Å². The van der Waals surface area contributed by atoms with E-state index in [9.17, 15) is 0 Å². The van der Waals surface area contributed by atoms with Crippen molar-refractivity contribution in [3.05, 3.63) is 151 Å². The molecular weight excluding hydrogens is 414 g/mol. The van der Waals surface area contributed by atoms with Crippen LogP contribution in [0.15, 0.2) is 151 Å². The van der Waals surface area contributed by atoms with Crippen LogP contribution in [0.4, 0.5) is 28.4 Å². The first-order chi connectivity index (χ1) is 16.9. The predicted molar refractivity (Wildman–Crippen MR) is 144 cm³/mol. The Morgan fingerprint density at radius 3 is 1.15 bits per heavy atom. The molecule has 0 unspecified atom stereocenters. The van der Waals surface area contributed by atoms with Crippen molar-refractivity contribution in [1.82, 2.24) is 0 Å². The molecule has 34 heavy (non-hydrogen) atoms. The van der Waals surface area contributed by atoms with Crippen LogP contribution < -0.4 is 9.91 Å². The highest BCUT2D eigenvalue weighted by Crippen LogP contribution is 2.34. The molecule has 0 spiro atoms. The van der Waals surface area contributed by atoms with Gasteiger partial charge in [-0.25, -0.2) is 5.01 Å². The Balaban J connectivity index is 1.45. The highest BCUT2D eigenvalue weighted by molar-refractivity contribution is 5.84. The zero-order chi connectivity index (χ0) is 23.0. The molecule has 0 N–H and O–H groups in total. The standard InChI is InChI=1S/C31H25N3/c1-5-13-27(14-6-1)33(28-15-7-2-8-16-28)29-23-21-26(22-24-29)25-32-34(30-17-9-3-10-18-30)31-19-11-4-12-20-31/h1-25H. The van der Waals surface area contributed by atoms with E-state index in [0.29, 0.717) is 0 Å². The molecule has 0 atom stereocenters. The highest BCUT2D eigenvalue weighted by Gasteiger charge is 2.11. The van der Waals surface area contributed by atoms with Gasteiger partial charge in [0.2, 0.25) is 0 Å². The van der Waals surface area contributed by atoms with Gasteiger partial charge in [0.1, 0.15) is 0 Å². The fourth-order valence-electron chi connectivity index (χ4n) is 3.86. The van der Waals surface area contributed by atoms with E-state index < -0.39 is 0 Å². The summed E-state index contributed by atoms with van der Waals surface area (Å²) in [6, 6.07) is 49.7. The Morgan fingerprint density at radius 2 is 0.735 bits per heavy atom. The molecule has 0 heterocycles. The monoisotopic (exact) mass is 439 g/mol. The Labute approximate surface area is 200 Å². The van der Waals surface area contributed by atoms with Gasteiger partial charge in [-0.3, -0.25) is 0 Å². The van der Waals surface area contributed by atoms with Crippen molar-refractivity contribution < 1.29 is 0 Å². The van der Waals surface area contributed by atoms with Crippen LogP contribution in [0, 0.1) is 0 Å². The summed E-state index contributed by atoms with van der Waals surface area (Å²) in [5.74, 6) is 0. The molecule has 164 valence electrons. The molecule has 3 heteroatoms. The van der Waals surface area contributed by atoms with Crippen molar-refractivity contribution in [2.24, 2.45) is 5.10 Å². The lowest BCUT2D eigenvalue weighted by atomic mass is 10.1. The maximum Gasteiger partial charge on any atom is 0.0652 e. The first-order valence-electron chi connectivity index (χ1n) is 11.3. The molecule has 0 saturated heterocycles. The van der Waals surface area contributed by atoms with Crippen molar-refractivity contribution in [2.75, 3.05) is 9.91 Å². The average molecular weight is 440 g/mol. The molecule has 0 radical (unpaired) electrons. The molecule has 0 aliphatic heterocycles. The third-order valence-electron chi connectivity index (χ3n) is 5.50. The Kier molecular flexibility index (Phi) is 6.45. The summed E-state index contributed by atoms with van der Waals surface area (Å²) in [4.78, 5) is 2.25. The molecule has 5 aromatic carbocycles.